The summed E-state index contributed by atoms with van der Waals surface area (Å²) >= 11 is 0. The van der Waals surface area contributed by atoms with E-state index in [2.05, 4.69) is 10.3 Å². The van der Waals surface area contributed by atoms with Crippen LogP contribution in [0.5, 0.6) is 0 Å². The minimum Gasteiger partial charge on any atom is -0.381 e. The minimum atomic E-state index is -0.155. The van der Waals surface area contributed by atoms with Crippen LogP contribution in [0.15, 0.2) is 18.3 Å². The van der Waals surface area contributed by atoms with E-state index in [4.69, 9.17) is 10.5 Å². The van der Waals surface area contributed by atoms with Crippen molar-refractivity contribution in [2.75, 3.05) is 39.2 Å². The van der Waals surface area contributed by atoms with Gasteiger partial charge >= 0.3 is 0 Å². The summed E-state index contributed by atoms with van der Waals surface area (Å²) in [5, 5.41) is 3.46. The molecular formula is C14H22N4O2. The molecule has 1 aromatic heterocycles. The van der Waals surface area contributed by atoms with Crippen molar-refractivity contribution in [1.82, 2.24) is 9.88 Å². The number of amides is 1. The van der Waals surface area contributed by atoms with Crippen molar-refractivity contribution in [3.05, 3.63) is 24.0 Å². The van der Waals surface area contributed by atoms with Gasteiger partial charge in [-0.25, -0.2) is 0 Å². The number of hydrogen-bond donors (Lipinski definition) is 2. The highest BCUT2D eigenvalue weighted by molar-refractivity contribution is 5.92. The van der Waals surface area contributed by atoms with E-state index in [1.165, 1.54) is 4.90 Å². The lowest BCUT2D eigenvalue weighted by Crippen LogP contribution is -2.49. The van der Waals surface area contributed by atoms with Crippen LogP contribution in [0.1, 0.15) is 23.3 Å². The van der Waals surface area contributed by atoms with Gasteiger partial charge in [0.1, 0.15) is 5.69 Å². The van der Waals surface area contributed by atoms with Crippen molar-refractivity contribution in [3.63, 3.8) is 0 Å². The molecule has 0 saturated carbocycles. The van der Waals surface area contributed by atoms with E-state index >= 15 is 0 Å². The average molecular weight is 278 g/mol. The molecule has 0 aromatic carbocycles. The van der Waals surface area contributed by atoms with Gasteiger partial charge in [0.2, 0.25) is 0 Å². The largest absolute Gasteiger partial charge is 0.381 e. The Kier molecular flexibility index (Phi) is 4.57. The number of pyridine rings is 1. The molecule has 1 fully saturated rings. The lowest BCUT2D eigenvalue weighted by molar-refractivity contribution is 0.0628. The number of aromatic nitrogens is 1. The quantitative estimate of drug-likeness (QED) is 0.847. The summed E-state index contributed by atoms with van der Waals surface area (Å²) in [6, 6.07) is 3.63. The van der Waals surface area contributed by atoms with Crippen LogP contribution in [0.2, 0.25) is 0 Å². The van der Waals surface area contributed by atoms with Crippen molar-refractivity contribution in [2.45, 2.75) is 18.4 Å². The summed E-state index contributed by atoms with van der Waals surface area (Å²) in [7, 11) is 3.42. The molecule has 6 nitrogen and oxygen atoms in total. The molecule has 1 saturated heterocycles. The Hall–Kier alpha value is -1.66. The summed E-state index contributed by atoms with van der Waals surface area (Å²) in [4.78, 5) is 17.6. The monoisotopic (exact) mass is 278 g/mol. The molecule has 1 aliphatic rings. The smallest absolute Gasteiger partial charge is 0.272 e. The Morgan fingerprint density at radius 1 is 1.50 bits per heavy atom. The van der Waals surface area contributed by atoms with Crippen molar-refractivity contribution >= 4 is 11.6 Å². The van der Waals surface area contributed by atoms with E-state index < -0.39 is 0 Å². The number of rotatable bonds is 4. The van der Waals surface area contributed by atoms with Gasteiger partial charge in [-0.1, -0.05) is 0 Å². The van der Waals surface area contributed by atoms with Crippen molar-refractivity contribution < 1.29 is 9.53 Å². The van der Waals surface area contributed by atoms with Gasteiger partial charge in [-0.15, -0.1) is 0 Å². The third kappa shape index (κ3) is 3.26. The first-order valence-electron chi connectivity index (χ1n) is 6.80. The van der Waals surface area contributed by atoms with Crippen LogP contribution in [0.4, 0.5) is 5.69 Å². The molecule has 2 heterocycles. The van der Waals surface area contributed by atoms with Crippen LogP contribution in [0.3, 0.4) is 0 Å². The lowest BCUT2D eigenvalue weighted by Gasteiger charge is -2.37. The van der Waals surface area contributed by atoms with Crippen LogP contribution in [0.25, 0.3) is 0 Å². The van der Waals surface area contributed by atoms with Gasteiger partial charge in [-0.2, -0.15) is 0 Å². The summed E-state index contributed by atoms with van der Waals surface area (Å²) < 4.78 is 5.39. The summed E-state index contributed by atoms with van der Waals surface area (Å²) in [5.41, 5.74) is 7.07. The molecule has 0 unspecified atom stereocenters. The van der Waals surface area contributed by atoms with Gasteiger partial charge < -0.3 is 20.7 Å². The highest BCUT2D eigenvalue weighted by atomic mass is 16.5. The molecule has 3 N–H and O–H groups in total. The summed E-state index contributed by atoms with van der Waals surface area (Å²) in [6.45, 7) is 1.95. The number of nitrogens with one attached hydrogen (secondary N) is 1. The summed E-state index contributed by atoms with van der Waals surface area (Å²) in [6.07, 6.45) is 3.37. The number of nitrogens with zero attached hydrogens (tertiary/aromatic N) is 2. The molecule has 2 rings (SSSR count). The Labute approximate surface area is 119 Å². The molecule has 1 aromatic rings. The van der Waals surface area contributed by atoms with Crippen molar-refractivity contribution in [1.29, 1.82) is 0 Å². The molecule has 0 spiro atoms. The minimum absolute atomic E-state index is 0.109. The lowest BCUT2D eigenvalue weighted by atomic mass is 9.90. The average Bonchev–Trinajstić information content (AvgIpc) is 2.47. The number of carbonyl (C=O) groups excluding carboxylic acids is 1. The molecule has 0 radical (unpaired) electrons. The van der Waals surface area contributed by atoms with Crippen molar-refractivity contribution in [3.8, 4) is 0 Å². The van der Waals surface area contributed by atoms with Gasteiger partial charge in [-0.05, 0) is 25.0 Å². The van der Waals surface area contributed by atoms with Gasteiger partial charge in [0, 0.05) is 45.7 Å². The van der Waals surface area contributed by atoms with Crippen LogP contribution < -0.4 is 11.1 Å². The number of ether oxygens (including phenoxy) is 1. The fraction of sp³-hybridized carbons (Fsp3) is 0.571. The summed E-state index contributed by atoms with van der Waals surface area (Å²) in [5.74, 6) is -0.109. The van der Waals surface area contributed by atoms with Gasteiger partial charge in [-0.3, -0.25) is 9.78 Å². The van der Waals surface area contributed by atoms with E-state index in [0.29, 0.717) is 25.5 Å². The highest BCUT2D eigenvalue weighted by Crippen LogP contribution is 2.25. The molecule has 110 valence electrons. The fourth-order valence-electron chi connectivity index (χ4n) is 2.30. The molecule has 20 heavy (non-hydrogen) atoms. The first kappa shape index (κ1) is 14.7. The first-order chi connectivity index (χ1) is 9.56. The second kappa shape index (κ2) is 6.19. The predicted molar refractivity (Wildman–Crippen MR) is 77.7 cm³/mol. The van der Waals surface area contributed by atoms with Crippen LogP contribution in [-0.2, 0) is 4.74 Å². The molecule has 1 amide bonds. The fourth-order valence-corrected chi connectivity index (χ4v) is 2.30. The maximum Gasteiger partial charge on any atom is 0.272 e. The molecule has 1 aliphatic heterocycles. The Morgan fingerprint density at radius 2 is 2.20 bits per heavy atom. The predicted octanol–water partition coefficient (Wildman–Crippen LogP) is 0.703. The second-order valence-corrected chi connectivity index (χ2v) is 5.35. The molecule has 0 aliphatic carbocycles. The normalized spacial score (nSPS) is 17.6. The van der Waals surface area contributed by atoms with Crippen molar-refractivity contribution in [2.24, 2.45) is 5.73 Å². The maximum absolute atomic E-state index is 11.9. The molecule has 0 bridgehead atoms. The topological polar surface area (TPSA) is 80.5 Å². The molecule has 6 heteroatoms. The van der Waals surface area contributed by atoms with Gasteiger partial charge in [0.05, 0.1) is 5.54 Å². The standard InChI is InChI=1S/C14H22N4O2/c1-18(2)13(19)12-9-11(3-6-16-12)17-14(10-15)4-7-20-8-5-14/h3,6,9H,4-5,7-8,10,15H2,1-2H3,(H,16,17). The third-order valence-corrected chi connectivity index (χ3v) is 3.64. The van der Waals surface area contributed by atoms with Gasteiger partial charge in [0.25, 0.3) is 5.91 Å². The van der Waals surface area contributed by atoms with Crippen LogP contribution in [-0.4, -0.2) is 55.2 Å². The van der Waals surface area contributed by atoms with Crippen LogP contribution in [0, 0.1) is 0 Å². The SMILES string of the molecule is CN(C)C(=O)c1cc(NC2(CN)CCOCC2)ccn1. The number of anilines is 1. The Bertz CT molecular complexity index is 470. The van der Waals surface area contributed by atoms with E-state index in [1.54, 1.807) is 26.4 Å². The van der Waals surface area contributed by atoms with E-state index in [1.807, 2.05) is 6.07 Å². The van der Waals surface area contributed by atoms with Gasteiger partial charge in [0.15, 0.2) is 0 Å². The first-order valence-corrected chi connectivity index (χ1v) is 6.80. The third-order valence-electron chi connectivity index (χ3n) is 3.64. The zero-order chi connectivity index (χ0) is 14.6. The Morgan fingerprint density at radius 3 is 2.80 bits per heavy atom. The second-order valence-electron chi connectivity index (χ2n) is 5.35. The maximum atomic E-state index is 11.9. The number of hydrogen-bond acceptors (Lipinski definition) is 5. The molecule has 0 atom stereocenters. The molecular weight excluding hydrogens is 256 g/mol. The van der Waals surface area contributed by atoms with E-state index in [0.717, 1.165) is 18.5 Å². The Balaban J connectivity index is 2.16. The zero-order valence-electron chi connectivity index (χ0n) is 12.1. The van der Waals surface area contributed by atoms with E-state index in [-0.39, 0.29) is 11.4 Å². The van der Waals surface area contributed by atoms with Crippen LogP contribution >= 0.6 is 0 Å². The number of carbonyl (C=O) groups is 1. The zero-order valence-corrected chi connectivity index (χ0v) is 12.1. The highest BCUT2D eigenvalue weighted by Gasteiger charge is 2.31. The van der Waals surface area contributed by atoms with E-state index in [9.17, 15) is 4.79 Å². The number of nitrogens with two attached hydrogens (primary N) is 1.